The Balaban J connectivity index is 1.66. The molecule has 1 heterocycles. The quantitative estimate of drug-likeness (QED) is 0.906. The van der Waals surface area contributed by atoms with Crippen LogP contribution in [0.15, 0.2) is 48.5 Å². The lowest BCUT2D eigenvalue weighted by Gasteiger charge is -2.11. The molecule has 0 aliphatic carbocycles. The first kappa shape index (κ1) is 13.2. The average Bonchev–Trinajstić information content (AvgIpc) is 2.92. The summed E-state index contributed by atoms with van der Waals surface area (Å²) < 4.78 is 5.60. The number of benzene rings is 2. The molecule has 106 valence electrons. The van der Waals surface area contributed by atoms with Gasteiger partial charge in [0.1, 0.15) is 5.75 Å². The zero-order valence-electron chi connectivity index (χ0n) is 11.1. The molecule has 3 rings (SSSR count). The molecule has 0 radical (unpaired) electrons. The van der Waals surface area contributed by atoms with Crippen LogP contribution in [-0.4, -0.2) is 23.1 Å². The third-order valence-electron chi connectivity index (χ3n) is 3.34. The molecule has 0 saturated heterocycles. The minimum atomic E-state index is -0.998. The van der Waals surface area contributed by atoms with Crippen LogP contribution in [-0.2, 0) is 11.2 Å². The number of carboxylic acid groups (broad SMARTS) is 1. The highest BCUT2D eigenvalue weighted by molar-refractivity contribution is 5.95. The summed E-state index contributed by atoms with van der Waals surface area (Å²) in [5, 5.41) is 11.6. The van der Waals surface area contributed by atoms with Gasteiger partial charge >= 0.3 is 5.97 Å². The molecular formula is C16H13NO4. The van der Waals surface area contributed by atoms with Crippen LogP contribution < -0.4 is 10.1 Å². The van der Waals surface area contributed by atoms with E-state index < -0.39 is 12.1 Å². The number of ether oxygens (including phenoxy) is 1. The molecule has 0 bridgehead atoms. The average molecular weight is 283 g/mol. The normalized spacial score (nSPS) is 15.9. The smallest absolute Gasteiger partial charge is 0.335 e. The molecule has 1 atom stereocenters. The highest BCUT2D eigenvalue weighted by Crippen LogP contribution is 2.28. The molecule has 1 aliphatic rings. The second-order valence-electron chi connectivity index (χ2n) is 4.79. The number of fused-ring (bicyclic) bond motifs is 1. The monoisotopic (exact) mass is 283 g/mol. The van der Waals surface area contributed by atoms with Crippen molar-refractivity contribution in [2.75, 3.05) is 5.32 Å². The van der Waals surface area contributed by atoms with Crippen LogP contribution in [0.5, 0.6) is 5.75 Å². The molecule has 0 aromatic heterocycles. The van der Waals surface area contributed by atoms with Crippen LogP contribution in [0.25, 0.3) is 0 Å². The van der Waals surface area contributed by atoms with Gasteiger partial charge in [0.25, 0.3) is 5.91 Å². The van der Waals surface area contributed by atoms with Gasteiger partial charge in [-0.3, -0.25) is 4.79 Å². The van der Waals surface area contributed by atoms with E-state index >= 15 is 0 Å². The number of aromatic carboxylic acids is 1. The molecule has 0 saturated carbocycles. The van der Waals surface area contributed by atoms with Crippen molar-refractivity contribution in [1.82, 2.24) is 0 Å². The molecule has 0 fully saturated rings. The molecule has 0 unspecified atom stereocenters. The van der Waals surface area contributed by atoms with E-state index in [1.54, 1.807) is 12.1 Å². The second-order valence-corrected chi connectivity index (χ2v) is 4.79. The predicted octanol–water partition coefficient (Wildman–Crippen LogP) is 2.33. The Kier molecular flexibility index (Phi) is 3.31. The van der Waals surface area contributed by atoms with Gasteiger partial charge in [0.05, 0.1) is 5.56 Å². The Morgan fingerprint density at radius 1 is 1.10 bits per heavy atom. The molecule has 0 spiro atoms. The maximum absolute atomic E-state index is 12.1. The van der Waals surface area contributed by atoms with Gasteiger partial charge in [-0.05, 0) is 35.9 Å². The number of hydrogen-bond acceptors (Lipinski definition) is 3. The first-order chi connectivity index (χ1) is 10.1. The van der Waals surface area contributed by atoms with E-state index in [4.69, 9.17) is 9.84 Å². The summed E-state index contributed by atoms with van der Waals surface area (Å²) in [6, 6.07) is 13.6. The fourth-order valence-corrected chi connectivity index (χ4v) is 2.25. The number of hydrogen-bond donors (Lipinski definition) is 2. The van der Waals surface area contributed by atoms with Crippen molar-refractivity contribution in [3.05, 3.63) is 59.7 Å². The van der Waals surface area contributed by atoms with E-state index in [0.717, 1.165) is 11.3 Å². The van der Waals surface area contributed by atoms with E-state index in [1.807, 2.05) is 24.3 Å². The van der Waals surface area contributed by atoms with Gasteiger partial charge in [-0.25, -0.2) is 4.79 Å². The van der Waals surface area contributed by atoms with Crippen molar-refractivity contribution < 1.29 is 19.4 Å². The molecule has 21 heavy (non-hydrogen) atoms. The summed E-state index contributed by atoms with van der Waals surface area (Å²) >= 11 is 0. The second kappa shape index (κ2) is 5.28. The highest BCUT2D eigenvalue weighted by Gasteiger charge is 2.28. The Morgan fingerprint density at radius 2 is 1.81 bits per heavy atom. The number of nitrogens with one attached hydrogen (secondary N) is 1. The third-order valence-corrected chi connectivity index (χ3v) is 3.34. The minimum absolute atomic E-state index is 0.178. The Bertz CT molecular complexity index is 669. The number of rotatable bonds is 3. The van der Waals surface area contributed by atoms with Crippen molar-refractivity contribution in [2.45, 2.75) is 12.5 Å². The van der Waals surface area contributed by atoms with Gasteiger partial charge < -0.3 is 15.2 Å². The molecule has 2 aromatic carbocycles. The zero-order chi connectivity index (χ0) is 14.8. The Morgan fingerprint density at radius 3 is 2.48 bits per heavy atom. The number of amides is 1. The van der Waals surface area contributed by atoms with Crippen LogP contribution in [0, 0.1) is 0 Å². The van der Waals surface area contributed by atoms with Gasteiger partial charge in [-0.15, -0.1) is 0 Å². The van der Waals surface area contributed by atoms with Crippen molar-refractivity contribution in [1.29, 1.82) is 0 Å². The fourth-order valence-electron chi connectivity index (χ4n) is 2.25. The van der Waals surface area contributed by atoms with Crippen LogP contribution in [0.2, 0.25) is 0 Å². The molecule has 5 nitrogen and oxygen atoms in total. The largest absolute Gasteiger partial charge is 0.480 e. The predicted molar refractivity (Wildman–Crippen MR) is 76.6 cm³/mol. The number of anilines is 1. The highest BCUT2D eigenvalue weighted by atomic mass is 16.5. The van der Waals surface area contributed by atoms with E-state index in [9.17, 15) is 9.59 Å². The summed E-state index contributed by atoms with van der Waals surface area (Å²) in [5.41, 5.74) is 1.74. The van der Waals surface area contributed by atoms with Gasteiger partial charge in [0, 0.05) is 12.1 Å². The van der Waals surface area contributed by atoms with Gasteiger partial charge in [0.15, 0.2) is 6.10 Å². The summed E-state index contributed by atoms with van der Waals surface area (Å²) in [7, 11) is 0. The van der Waals surface area contributed by atoms with E-state index in [0.29, 0.717) is 12.1 Å². The standard InChI is InChI=1S/C16H13NO4/c18-15(14-9-11-3-1-2-4-13(11)21-14)17-12-7-5-10(6-8-12)16(19)20/h1-8,14H,9H2,(H,17,18)(H,19,20)/t14-/m0/s1. The first-order valence-corrected chi connectivity index (χ1v) is 6.52. The molecule has 2 aromatic rings. The molecule has 1 aliphatic heterocycles. The number of para-hydroxylation sites is 1. The zero-order valence-corrected chi connectivity index (χ0v) is 11.1. The molecule has 1 amide bonds. The van der Waals surface area contributed by atoms with Crippen molar-refractivity contribution in [3.63, 3.8) is 0 Å². The van der Waals surface area contributed by atoms with Crippen LogP contribution in [0.4, 0.5) is 5.69 Å². The minimum Gasteiger partial charge on any atom is -0.480 e. The topological polar surface area (TPSA) is 75.6 Å². The molecular weight excluding hydrogens is 270 g/mol. The van der Waals surface area contributed by atoms with Gasteiger partial charge in [-0.1, -0.05) is 18.2 Å². The lowest BCUT2D eigenvalue weighted by molar-refractivity contribution is -0.122. The maximum atomic E-state index is 12.1. The number of carbonyl (C=O) groups is 2. The van der Waals surface area contributed by atoms with Gasteiger partial charge in [-0.2, -0.15) is 0 Å². The summed E-state index contributed by atoms with van der Waals surface area (Å²) in [4.78, 5) is 22.9. The van der Waals surface area contributed by atoms with Crippen LogP contribution in [0.3, 0.4) is 0 Å². The summed E-state index contributed by atoms with van der Waals surface area (Å²) in [6.45, 7) is 0. The van der Waals surface area contributed by atoms with Crippen molar-refractivity contribution >= 4 is 17.6 Å². The SMILES string of the molecule is O=C(O)c1ccc(NC(=O)[C@@H]2Cc3ccccc3O2)cc1. The fraction of sp³-hybridized carbons (Fsp3) is 0.125. The molecule has 2 N–H and O–H groups in total. The lowest BCUT2D eigenvalue weighted by Crippen LogP contribution is -2.31. The Labute approximate surface area is 121 Å². The van der Waals surface area contributed by atoms with Crippen LogP contribution >= 0.6 is 0 Å². The number of carboxylic acids is 1. The Hall–Kier alpha value is -2.82. The summed E-state index contributed by atoms with van der Waals surface area (Å²) in [6.07, 6.45) is -0.0172. The van der Waals surface area contributed by atoms with E-state index in [1.165, 1.54) is 12.1 Å². The lowest BCUT2D eigenvalue weighted by atomic mass is 10.1. The first-order valence-electron chi connectivity index (χ1n) is 6.52. The van der Waals surface area contributed by atoms with E-state index in [-0.39, 0.29) is 11.5 Å². The van der Waals surface area contributed by atoms with Gasteiger partial charge in [0.2, 0.25) is 0 Å². The number of carbonyl (C=O) groups excluding carboxylic acids is 1. The van der Waals surface area contributed by atoms with E-state index in [2.05, 4.69) is 5.32 Å². The summed E-state index contributed by atoms with van der Waals surface area (Å²) in [5.74, 6) is -0.504. The van der Waals surface area contributed by atoms with Crippen molar-refractivity contribution in [2.24, 2.45) is 0 Å². The van der Waals surface area contributed by atoms with Crippen molar-refractivity contribution in [3.8, 4) is 5.75 Å². The molecule has 5 heteroatoms. The third kappa shape index (κ3) is 2.72. The van der Waals surface area contributed by atoms with Crippen LogP contribution in [0.1, 0.15) is 15.9 Å². The maximum Gasteiger partial charge on any atom is 0.335 e.